The van der Waals surface area contributed by atoms with E-state index in [4.69, 9.17) is 14.0 Å². The van der Waals surface area contributed by atoms with Crippen molar-refractivity contribution in [2.75, 3.05) is 11.9 Å². The number of rotatable bonds is 9. The molecule has 1 saturated heterocycles. The van der Waals surface area contributed by atoms with Gasteiger partial charge in [-0.05, 0) is 27.7 Å². The predicted molar refractivity (Wildman–Crippen MR) is 118 cm³/mol. The van der Waals surface area contributed by atoms with Crippen molar-refractivity contribution in [3.05, 3.63) is 12.7 Å². The number of nitrogens with one attached hydrogen (secondary N) is 2. The number of aromatic nitrogens is 4. The molecule has 13 nitrogen and oxygen atoms in total. The first-order valence-electron chi connectivity index (χ1n) is 10.5. The van der Waals surface area contributed by atoms with Gasteiger partial charge in [-0.25, -0.2) is 24.4 Å². The van der Waals surface area contributed by atoms with Gasteiger partial charge >= 0.3 is 5.97 Å². The van der Waals surface area contributed by atoms with Crippen LogP contribution >= 0.6 is 8.18 Å². The van der Waals surface area contributed by atoms with E-state index in [0.29, 0.717) is 0 Å². The quantitative estimate of drug-likeness (QED) is 0.332. The van der Waals surface area contributed by atoms with Crippen LogP contribution in [0.2, 0.25) is 0 Å². The number of alkyl halides is 1. The van der Waals surface area contributed by atoms with Crippen molar-refractivity contribution in [1.29, 1.82) is 0 Å². The maximum absolute atomic E-state index is 15.5. The fourth-order valence-electron chi connectivity index (χ4n) is 3.40. The zero-order chi connectivity index (χ0) is 25.2. The fourth-order valence-corrected chi connectivity index (χ4v) is 4.27. The van der Waals surface area contributed by atoms with Crippen LogP contribution in [0.3, 0.4) is 0 Å². The number of carbonyl (C=O) groups excluding carboxylic acids is 2. The minimum Gasteiger partial charge on any atom is -0.462 e. The van der Waals surface area contributed by atoms with Crippen LogP contribution in [0.15, 0.2) is 12.7 Å². The Morgan fingerprint density at radius 2 is 2.06 bits per heavy atom. The van der Waals surface area contributed by atoms with Gasteiger partial charge in [0.25, 0.3) is 8.18 Å². The molecule has 15 heteroatoms. The number of amides is 1. The van der Waals surface area contributed by atoms with Crippen molar-refractivity contribution < 1.29 is 37.6 Å². The maximum atomic E-state index is 15.5. The fraction of sp³-hybridized carbons (Fsp3) is 0.632. The summed E-state index contributed by atoms with van der Waals surface area (Å²) in [6.07, 6.45) is -2.06. The van der Waals surface area contributed by atoms with Crippen molar-refractivity contribution in [3.63, 3.8) is 0 Å². The molecule has 0 aromatic carbocycles. The van der Waals surface area contributed by atoms with Crippen molar-refractivity contribution >= 4 is 37.0 Å². The smallest absolute Gasteiger partial charge is 0.323 e. The SMILES string of the molecule is CC(=O)Nc1ncnc2c1ncn2[C@@H]1O[C@H](CO[PH](=O)N[C@@H](C)C(=O)OC(C)C)[C@@H](O)[C@@]1(C)F. The van der Waals surface area contributed by atoms with Gasteiger partial charge in [0.05, 0.1) is 19.0 Å². The third kappa shape index (κ3) is 5.58. The van der Waals surface area contributed by atoms with Crippen LogP contribution in [-0.2, 0) is 28.2 Å². The lowest BCUT2D eigenvalue weighted by Gasteiger charge is -2.24. The Kier molecular flexibility index (Phi) is 7.98. The summed E-state index contributed by atoms with van der Waals surface area (Å²) < 4.78 is 45.0. The highest BCUT2D eigenvalue weighted by Crippen LogP contribution is 2.43. The number of anilines is 1. The zero-order valence-corrected chi connectivity index (χ0v) is 20.3. The molecule has 0 saturated carbocycles. The first kappa shape index (κ1) is 26.1. The Hall–Kier alpha value is -2.51. The summed E-state index contributed by atoms with van der Waals surface area (Å²) >= 11 is 0. The molecule has 0 aliphatic carbocycles. The third-order valence-corrected chi connectivity index (χ3v) is 6.14. The van der Waals surface area contributed by atoms with Crippen LogP contribution < -0.4 is 10.4 Å². The second-order valence-electron chi connectivity index (χ2n) is 8.30. The third-order valence-electron chi connectivity index (χ3n) is 5.04. The van der Waals surface area contributed by atoms with E-state index in [1.54, 1.807) is 13.8 Å². The van der Waals surface area contributed by atoms with Crippen LogP contribution in [0.25, 0.3) is 11.2 Å². The molecule has 1 amide bonds. The summed E-state index contributed by atoms with van der Waals surface area (Å²) in [5.41, 5.74) is -1.91. The number of aliphatic hydroxyl groups is 1. The van der Waals surface area contributed by atoms with E-state index in [9.17, 15) is 19.3 Å². The molecule has 0 radical (unpaired) electrons. The van der Waals surface area contributed by atoms with Crippen molar-refractivity contribution in [1.82, 2.24) is 24.6 Å². The van der Waals surface area contributed by atoms with Gasteiger partial charge in [-0.3, -0.25) is 18.7 Å². The molecule has 1 unspecified atom stereocenters. The molecule has 34 heavy (non-hydrogen) atoms. The topological polar surface area (TPSA) is 167 Å². The van der Waals surface area contributed by atoms with E-state index in [1.807, 2.05) is 0 Å². The predicted octanol–water partition coefficient (Wildman–Crippen LogP) is 1.11. The average molecular weight is 502 g/mol. The lowest BCUT2D eigenvalue weighted by Crippen LogP contribution is -2.40. The number of nitrogens with zero attached hydrogens (tertiary/aromatic N) is 4. The van der Waals surface area contributed by atoms with Gasteiger partial charge in [0.15, 0.2) is 28.9 Å². The lowest BCUT2D eigenvalue weighted by molar-refractivity contribution is -0.149. The van der Waals surface area contributed by atoms with Crippen LogP contribution in [0, 0.1) is 0 Å². The summed E-state index contributed by atoms with van der Waals surface area (Å²) in [5.74, 6) is -0.826. The van der Waals surface area contributed by atoms with E-state index in [-0.39, 0.29) is 29.0 Å². The zero-order valence-electron chi connectivity index (χ0n) is 19.3. The van der Waals surface area contributed by atoms with Crippen LogP contribution in [0.5, 0.6) is 0 Å². The molecule has 188 valence electrons. The molecule has 1 fully saturated rings. The standard InChI is InChI=1S/C19H28FN6O7P/c1-9(2)32-17(29)10(3)25-34(30)31-6-12-14(28)19(5,20)18(33-12)26-8-23-13-15(24-11(4)27)21-7-22-16(13)26/h7-10,12,14,18,28,34H,6H2,1-5H3,(H,25,30)(H,21,22,24,27)/t10-,12+,14+,18+,19+/m0/s1. The molecule has 3 heterocycles. The molecule has 2 aromatic rings. The molecule has 1 aliphatic heterocycles. The summed E-state index contributed by atoms with van der Waals surface area (Å²) in [5, 5.41) is 15.5. The Labute approximate surface area is 195 Å². The number of fused-ring (bicyclic) bond motifs is 1. The normalized spacial score (nSPS) is 26.5. The largest absolute Gasteiger partial charge is 0.462 e. The van der Waals surface area contributed by atoms with Gasteiger partial charge in [-0.2, -0.15) is 0 Å². The van der Waals surface area contributed by atoms with Gasteiger partial charge in [-0.15, -0.1) is 0 Å². The molecule has 2 aromatic heterocycles. The Balaban J connectivity index is 1.70. The van der Waals surface area contributed by atoms with Crippen LogP contribution in [0.1, 0.15) is 40.8 Å². The molecular weight excluding hydrogens is 474 g/mol. The summed E-state index contributed by atoms with van der Waals surface area (Å²) in [7, 11) is -2.93. The van der Waals surface area contributed by atoms with E-state index < -0.39 is 50.9 Å². The van der Waals surface area contributed by atoms with Crippen LogP contribution in [-0.4, -0.2) is 73.1 Å². The van der Waals surface area contributed by atoms with E-state index in [2.05, 4.69) is 25.4 Å². The number of esters is 1. The summed E-state index contributed by atoms with van der Waals surface area (Å²) in [4.78, 5) is 35.4. The van der Waals surface area contributed by atoms with Gasteiger partial charge < -0.3 is 24.4 Å². The van der Waals surface area contributed by atoms with Gasteiger partial charge in [0.1, 0.15) is 24.6 Å². The van der Waals surface area contributed by atoms with Crippen LogP contribution in [0.4, 0.5) is 10.2 Å². The molecule has 3 rings (SSSR count). The number of aliphatic hydroxyl groups excluding tert-OH is 1. The first-order valence-corrected chi connectivity index (χ1v) is 11.8. The second kappa shape index (κ2) is 10.4. The number of hydrogen-bond donors (Lipinski definition) is 3. The molecular formula is C19H28FN6O7P. The van der Waals surface area contributed by atoms with E-state index >= 15 is 4.39 Å². The minimum atomic E-state index is -2.93. The van der Waals surface area contributed by atoms with E-state index in [1.165, 1.54) is 31.1 Å². The minimum absolute atomic E-state index is 0.144. The highest BCUT2D eigenvalue weighted by molar-refractivity contribution is 7.36. The van der Waals surface area contributed by atoms with Crippen molar-refractivity contribution in [2.45, 2.75) is 70.9 Å². The number of imidazole rings is 1. The first-order chi connectivity index (χ1) is 15.9. The molecule has 6 atom stereocenters. The summed E-state index contributed by atoms with van der Waals surface area (Å²) in [6.45, 7) is 6.88. The maximum Gasteiger partial charge on any atom is 0.323 e. The second-order valence-corrected chi connectivity index (χ2v) is 9.45. The lowest BCUT2D eigenvalue weighted by atomic mass is 9.98. The Morgan fingerprint density at radius 3 is 2.71 bits per heavy atom. The summed E-state index contributed by atoms with van der Waals surface area (Å²) in [6, 6.07) is -0.891. The monoisotopic (exact) mass is 502 g/mol. The number of ether oxygens (including phenoxy) is 2. The number of carbonyl (C=O) groups is 2. The average Bonchev–Trinajstić information content (AvgIpc) is 3.25. The van der Waals surface area contributed by atoms with Gasteiger partial charge in [-0.1, -0.05) is 0 Å². The highest BCUT2D eigenvalue weighted by atomic mass is 31.1. The number of hydrogen-bond acceptors (Lipinski definition) is 10. The molecule has 0 spiro atoms. The Bertz CT molecular complexity index is 1080. The Morgan fingerprint density at radius 1 is 1.35 bits per heavy atom. The highest BCUT2D eigenvalue weighted by Gasteiger charge is 2.55. The molecule has 0 bridgehead atoms. The van der Waals surface area contributed by atoms with Gasteiger partial charge in [0, 0.05) is 6.92 Å². The molecule has 3 N–H and O–H groups in total. The molecule has 1 aliphatic rings. The van der Waals surface area contributed by atoms with Crippen molar-refractivity contribution in [2.24, 2.45) is 0 Å². The van der Waals surface area contributed by atoms with E-state index in [0.717, 1.165) is 6.92 Å². The van der Waals surface area contributed by atoms with Gasteiger partial charge in [0.2, 0.25) is 5.91 Å². The number of halogens is 1. The van der Waals surface area contributed by atoms with Crippen molar-refractivity contribution in [3.8, 4) is 0 Å².